The van der Waals surface area contributed by atoms with E-state index in [-0.39, 0.29) is 5.91 Å². The van der Waals surface area contributed by atoms with Crippen molar-refractivity contribution in [1.82, 2.24) is 25.8 Å². The van der Waals surface area contributed by atoms with Crippen molar-refractivity contribution in [2.24, 2.45) is 4.99 Å². The van der Waals surface area contributed by atoms with E-state index in [1.165, 1.54) is 18.4 Å². The maximum absolute atomic E-state index is 12.0. The molecule has 0 spiro atoms. The number of benzene rings is 1. The zero-order valence-corrected chi connectivity index (χ0v) is 17.0. The molecule has 3 N–H and O–H groups in total. The van der Waals surface area contributed by atoms with Crippen molar-refractivity contribution in [2.75, 3.05) is 39.8 Å². The molecule has 3 rings (SSSR count). The van der Waals surface area contributed by atoms with Crippen LogP contribution in [0.15, 0.2) is 59.9 Å². The van der Waals surface area contributed by atoms with Gasteiger partial charge in [-0.3, -0.25) is 19.7 Å². The van der Waals surface area contributed by atoms with Crippen molar-refractivity contribution in [3.63, 3.8) is 0 Å². The lowest BCUT2D eigenvalue weighted by atomic mass is 10.1. The Kier molecular flexibility index (Phi) is 8.01. The van der Waals surface area contributed by atoms with Crippen LogP contribution in [-0.4, -0.2) is 61.5 Å². The third-order valence-corrected chi connectivity index (χ3v) is 5.08. The van der Waals surface area contributed by atoms with E-state index in [0.29, 0.717) is 24.7 Å². The molecule has 0 aliphatic carbocycles. The van der Waals surface area contributed by atoms with Crippen LogP contribution >= 0.6 is 0 Å². The van der Waals surface area contributed by atoms with Crippen LogP contribution in [0.3, 0.4) is 0 Å². The van der Waals surface area contributed by atoms with Gasteiger partial charge in [-0.1, -0.05) is 30.3 Å². The Balaban J connectivity index is 1.45. The highest BCUT2D eigenvalue weighted by Crippen LogP contribution is 2.24. The highest BCUT2D eigenvalue weighted by atomic mass is 16.1. The van der Waals surface area contributed by atoms with E-state index >= 15 is 0 Å². The largest absolute Gasteiger partial charge is 0.355 e. The number of aromatic nitrogens is 1. The number of hydrogen-bond acceptors (Lipinski definition) is 4. The first-order chi connectivity index (χ1) is 14.3. The smallest absolute Gasteiger partial charge is 0.252 e. The van der Waals surface area contributed by atoms with Crippen molar-refractivity contribution >= 4 is 11.9 Å². The Morgan fingerprint density at radius 1 is 1.07 bits per heavy atom. The fourth-order valence-corrected chi connectivity index (χ4v) is 3.56. The number of carbonyl (C=O) groups is 1. The average Bonchev–Trinajstić information content (AvgIpc) is 3.31. The number of nitrogens with one attached hydrogen (secondary N) is 3. The quantitative estimate of drug-likeness (QED) is 0.361. The summed E-state index contributed by atoms with van der Waals surface area (Å²) in [6.45, 7) is 4.14. The second-order valence-electron chi connectivity index (χ2n) is 7.05. The van der Waals surface area contributed by atoms with Gasteiger partial charge in [-0.25, -0.2) is 0 Å². The van der Waals surface area contributed by atoms with E-state index < -0.39 is 0 Å². The molecule has 154 valence electrons. The maximum atomic E-state index is 12.0. The number of nitrogens with zero attached hydrogens (tertiary/aromatic N) is 3. The first-order valence-electron chi connectivity index (χ1n) is 10.2. The SMILES string of the molecule is CN=C(NCCNC(=O)c1cccnc1)NCC(c1ccccc1)N1CCCC1. The molecule has 1 saturated heterocycles. The minimum absolute atomic E-state index is 0.124. The molecule has 1 amide bonds. The minimum atomic E-state index is -0.124. The number of rotatable bonds is 8. The topological polar surface area (TPSA) is 81.6 Å². The van der Waals surface area contributed by atoms with Crippen molar-refractivity contribution in [2.45, 2.75) is 18.9 Å². The highest BCUT2D eigenvalue weighted by Gasteiger charge is 2.23. The summed E-state index contributed by atoms with van der Waals surface area (Å²) in [5.41, 5.74) is 1.88. The van der Waals surface area contributed by atoms with Crippen LogP contribution in [0.1, 0.15) is 34.8 Å². The maximum Gasteiger partial charge on any atom is 0.252 e. The fraction of sp³-hybridized carbons (Fsp3) is 0.409. The van der Waals surface area contributed by atoms with E-state index in [2.05, 4.69) is 61.2 Å². The number of amides is 1. The summed E-state index contributed by atoms with van der Waals surface area (Å²) in [7, 11) is 1.76. The van der Waals surface area contributed by atoms with E-state index in [1.807, 2.05) is 0 Å². The Morgan fingerprint density at radius 3 is 2.52 bits per heavy atom. The normalized spacial score (nSPS) is 15.7. The predicted octanol–water partition coefficient (Wildman–Crippen LogP) is 1.81. The third-order valence-electron chi connectivity index (χ3n) is 5.08. The van der Waals surface area contributed by atoms with Crippen LogP contribution < -0.4 is 16.0 Å². The molecule has 1 atom stereocenters. The molecule has 29 heavy (non-hydrogen) atoms. The molecular formula is C22H30N6O. The summed E-state index contributed by atoms with van der Waals surface area (Å²) in [6, 6.07) is 14.4. The van der Waals surface area contributed by atoms with E-state index in [4.69, 9.17) is 0 Å². The minimum Gasteiger partial charge on any atom is -0.355 e. The van der Waals surface area contributed by atoms with Crippen LogP contribution in [0.4, 0.5) is 0 Å². The van der Waals surface area contributed by atoms with Gasteiger partial charge in [0.1, 0.15) is 0 Å². The van der Waals surface area contributed by atoms with Gasteiger partial charge in [0.2, 0.25) is 0 Å². The second-order valence-corrected chi connectivity index (χ2v) is 7.05. The van der Waals surface area contributed by atoms with Gasteiger partial charge in [0, 0.05) is 39.1 Å². The molecule has 1 aromatic heterocycles. The molecule has 2 heterocycles. The summed E-state index contributed by atoms with van der Waals surface area (Å²) < 4.78 is 0. The van der Waals surface area contributed by atoms with Gasteiger partial charge in [-0.15, -0.1) is 0 Å². The van der Waals surface area contributed by atoms with E-state index in [9.17, 15) is 4.79 Å². The molecule has 1 aliphatic rings. The monoisotopic (exact) mass is 394 g/mol. The molecule has 1 aliphatic heterocycles. The number of aliphatic imine (C=N–C) groups is 1. The molecule has 7 nitrogen and oxygen atoms in total. The van der Waals surface area contributed by atoms with Crippen molar-refractivity contribution in [3.8, 4) is 0 Å². The molecule has 2 aromatic rings. The lowest BCUT2D eigenvalue weighted by molar-refractivity contribution is 0.0954. The average molecular weight is 395 g/mol. The highest BCUT2D eigenvalue weighted by molar-refractivity contribution is 5.93. The van der Waals surface area contributed by atoms with Crippen molar-refractivity contribution in [1.29, 1.82) is 0 Å². The summed E-state index contributed by atoms with van der Waals surface area (Å²) in [5, 5.41) is 9.58. The summed E-state index contributed by atoms with van der Waals surface area (Å²) in [6.07, 6.45) is 5.73. The number of pyridine rings is 1. The molecule has 1 fully saturated rings. The van der Waals surface area contributed by atoms with Gasteiger partial charge in [0.15, 0.2) is 5.96 Å². The first kappa shape index (κ1) is 20.8. The van der Waals surface area contributed by atoms with Gasteiger partial charge in [0.25, 0.3) is 5.91 Å². The molecule has 0 bridgehead atoms. The summed E-state index contributed by atoms with van der Waals surface area (Å²) in [5.74, 6) is 0.613. The van der Waals surface area contributed by atoms with Crippen LogP contribution in [0, 0.1) is 0 Å². The Morgan fingerprint density at radius 2 is 1.83 bits per heavy atom. The van der Waals surface area contributed by atoms with Crippen molar-refractivity contribution < 1.29 is 4.79 Å². The predicted molar refractivity (Wildman–Crippen MR) is 116 cm³/mol. The van der Waals surface area contributed by atoms with Crippen molar-refractivity contribution in [3.05, 3.63) is 66.0 Å². The second kappa shape index (κ2) is 11.2. The zero-order chi connectivity index (χ0) is 20.3. The molecule has 1 aromatic carbocycles. The van der Waals surface area contributed by atoms with Gasteiger partial charge < -0.3 is 16.0 Å². The standard InChI is InChI=1S/C22H30N6O/c1-23-22(26-13-12-25-21(29)19-10-7-11-24-16-19)27-17-20(28-14-5-6-15-28)18-8-3-2-4-9-18/h2-4,7-11,16,20H,5-6,12-15,17H2,1H3,(H,25,29)(H2,23,26,27). The van der Waals surface area contributed by atoms with Crippen LogP contribution in [0.2, 0.25) is 0 Å². The molecule has 1 unspecified atom stereocenters. The Bertz CT molecular complexity index is 774. The summed E-state index contributed by atoms with van der Waals surface area (Å²) >= 11 is 0. The van der Waals surface area contributed by atoms with Gasteiger partial charge in [-0.2, -0.15) is 0 Å². The lowest BCUT2D eigenvalue weighted by Crippen LogP contribution is -2.44. The summed E-state index contributed by atoms with van der Waals surface area (Å²) in [4.78, 5) is 22.9. The van der Waals surface area contributed by atoms with E-state index in [0.717, 1.165) is 25.6 Å². The fourth-order valence-electron chi connectivity index (χ4n) is 3.56. The van der Waals surface area contributed by atoms with Crippen LogP contribution in [0.5, 0.6) is 0 Å². The number of likely N-dealkylation sites (tertiary alicyclic amines) is 1. The van der Waals surface area contributed by atoms with Gasteiger partial charge in [-0.05, 0) is 43.6 Å². The lowest BCUT2D eigenvalue weighted by Gasteiger charge is -2.29. The van der Waals surface area contributed by atoms with Gasteiger partial charge in [0.05, 0.1) is 11.6 Å². The Labute approximate surface area is 172 Å². The van der Waals surface area contributed by atoms with Crippen LogP contribution in [-0.2, 0) is 0 Å². The number of hydrogen-bond donors (Lipinski definition) is 3. The van der Waals surface area contributed by atoms with Gasteiger partial charge >= 0.3 is 0 Å². The Hall–Kier alpha value is -2.93. The zero-order valence-electron chi connectivity index (χ0n) is 17.0. The van der Waals surface area contributed by atoms with E-state index in [1.54, 1.807) is 31.6 Å². The molecular weight excluding hydrogens is 364 g/mol. The molecule has 0 radical (unpaired) electrons. The molecule has 0 saturated carbocycles. The number of guanidine groups is 1. The third kappa shape index (κ3) is 6.29. The number of carbonyl (C=O) groups excluding carboxylic acids is 1. The first-order valence-corrected chi connectivity index (χ1v) is 10.2. The molecule has 7 heteroatoms. The van der Waals surface area contributed by atoms with Crippen LogP contribution in [0.25, 0.3) is 0 Å².